The summed E-state index contributed by atoms with van der Waals surface area (Å²) in [5, 5.41) is 3.30. The molecule has 0 amide bonds. The lowest BCUT2D eigenvalue weighted by molar-refractivity contribution is -0.247. The topological polar surface area (TPSA) is 163 Å². The highest BCUT2D eigenvalue weighted by Gasteiger charge is 2.54. The van der Waals surface area contributed by atoms with Gasteiger partial charge < -0.3 is 23.7 Å². The minimum Gasteiger partial charge on any atom is -0.467 e. The Morgan fingerprint density at radius 3 is 1.84 bits per heavy atom. The van der Waals surface area contributed by atoms with Gasteiger partial charge in [0.15, 0.2) is 30.6 Å². The Morgan fingerprint density at radius 2 is 1.40 bits per heavy atom. The van der Waals surface area contributed by atoms with E-state index in [4.69, 9.17) is 24.5 Å². The van der Waals surface area contributed by atoms with Crippen LogP contribution in [0.4, 0.5) is 0 Å². The lowest BCUT2D eigenvalue weighted by Gasteiger charge is -2.42. The average Bonchev–Trinajstić information content (AvgIpc) is 2.50. The molecule has 1 aliphatic rings. The molecule has 138 valence electrons. The van der Waals surface area contributed by atoms with Crippen molar-refractivity contribution in [3.8, 4) is 0 Å². The Hall–Kier alpha value is -2.85. The predicted molar refractivity (Wildman–Crippen MR) is 76.5 cm³/mol. The maximum absolute atomic E-state index is 11.9. The molecule has 0 N–H and O–H groups in total. The van der Waals surface area contributed by atoms with Crippen LogP contribution in [0.1, 0.15) is 20.8 Å². The van der Waals surface area contributed by atoms with Gasteiger partial charge in [0.05, 0.1) is 7.11 Å². The van der Waals surface area contributed by atoms with Gasteiger partial charge in [-0.15, -0.1) is 0 Å². The molecule has 0 radical (unpaired) electrons. The van der Waals surface area contributed by atoms with Gasteiger partial charge in [-0.1, -0.05) is 5.11 Å². The number of azide groups is 1. The first kappa shape index (κ1) is 20.2. The third-order valence-electron chi connectivity index (χ3n) is 3.02. The average molecular weight is 359 g/mol. The molecule has 0 aromatic carbocycles. The maximum Gasteiger partial charge on any atom is 0.339 e. The predicted octanol–water partition coefficient (Wildman–Crippen LogP) is -0.0103. The molecule has 0 bridgehead atoms. The van der Waals surface area contributed by atoms with E-state index in [0.717, 1.165) is 27.9 Å². The molecular formula is C13H17N3O9. The molecule has 0 saturated carbocycles. The van der Waals surface area contributed by atoms with E-state index >= 15 is 0 Å². The van der Waals surface area contributed by atoms with Crippen LogP contribution in [0.5, 0.6) is 0 Å². The van der Waals surface area contributed by atoms with E-state index in [9.17, 15) is 19.2 Å². The fourth-order valence-electron chi connectivity index (χ4n) is 2.24. The van der Waals surface area contributed by atoms with Crippen LogP contribution in [0.2, 0.25) is 0 Å². The summed E-state index contributed by atoms with van der Waals surface area (Å²) in [5.74, 6) is -3.40. The highest BCUT2D eigenvalue weighted by molar-refractivity contribution is 5.77. The van der Waals surface area contributed by atoms with Gasteiger partial charge >= 0.3 is 23.9 Å². The summed E-state index contributed by atoms with van der Waals surface area (Å²) >= 11 is 0. The monoisotopic (exact) mass is 359 g/mol. The van der Waals surface area contributed by atoms with Crippen molar-refractivity contribution in [3.05, 3.63) is 10.4 Å². The van der Waals surface area contributed by atoms with Crippen LogP contribution < -0.4 is 0 Å². The first-order valence-electron chi connectivity index (χ1n) is 7.00. The quantitative estimate of drug-likeness (QED) is 0.216. The molecule has 5 atom stereocenters. The number of hydrogen-bond acceptors (Lipinski definition) is 10. The van der Waals surface area contributed by atoms with Crippen molar-refractivity contribution in [1.82, 2.24) is 0 Å². The molecule has 1 aliphatic heterocycles. The zero-order valence-corrected chi connectivity index (χ0v) is 13.9. The Balaban J connectivity index is 3.38. The van der Waals surface area contributed by atoms with Gasteiger partial charge in [0.2, 0.25) is 0 Å². The van der Waals surface area contributed by atoms with Gasteiger partial charge in [-0.3, -0.25) is 14.4 Å². The van der Waals surface area contributed by atoms with E-state index in [-0.39, 0.29) is 0 Å². The molecule has 0 aromatic rings. The Morgan fingerprint density at radius 1 is 0.920 bits per heavy atom. The van der Waals surface area contributed by atoms with Crippen LogP contribution in [-0.2, 0) is 42.9 Å². The molecule has 12 heteroatoms. The fraction of sp³-hybridized carbons (Fsp3) is 0.692. The summed E-state index contributed by atoms with van der Waals surface area (Å²) in [4.78, 5) is 48.6. The number of carbonyl (C=O) groups is 4. The maximum atomic E-state index is 11.9. The molecule has 12 nitrogen and oxygen atoms in total. The highest BCUT2D eigenvalue weighted by atomic mass is 16.7. The third-order valence-corrected chi connectivity index (χ3v) is 3.02. The highest BCUT2D eigenvalue weighted by Crippen LogP contribution is 2.30. The molecule has 0 unspecified atom stereocenters. The zero-order chi connectivity index (χ0) is 19.1. The van der Waals surface area contributed by atoms with Crippen molar-refractivity contribution < 1.29 is 42.9 Å². The molecule has 1 saturated heterocycles. The Kier molecular flexibility index (Phi) is 7.15. The molecule has 1 fully saturated rings. The van der Waals surface area contributed by atoms with Crippen molar-refractivity contribution in [2.75, 3.05) is 7.11 Å². The molecule has 1 rings (SSSR count). The first-order chi connectivity index (χ1) is 11.7. The van der Waals surface area contributed by atoms with E-state index in [2.05, 4.69) is 14.8 Å². The number of nitrogens with zero attached hydrogens (tertiary/aromatic N) is 3. The fourth-order valence-corrected chi connectivity index (χ4v) is 2.24. The molecule has 0 spiro atoms. The summed E-state index contributed by atoms with van der Waals surface area (Å²) in [5.41, 5.74) is 8.66. The largest absolute Gasteiger partial charge is 0.467 e. The second-order valence-electron chi connectivity index (χ2n) is 4.90. The molecule has 1 heterocycles. The number of rotatable bonds is 5. The number of esters is 4. The zero-order valence-electron chi connectivity index (χ0n) is 13.9. The second-order valence-corrected chi connectivity index (χ2v) is 4.90. The number of carbonyl (C=O) groups excluding carboxylic acids is 4. The SMILES string of the molecule is COC(=O)[C@@H]1O[C@@H](N=[N+]=[N-])[C@H](OC(C)=O)[C@@H](OC(C)=O)[C@@H]1OC(C)=O. The molecule has 0 aromatic heterocycles. The summed E-state index contributed by atoms with van der Waals surface area (Å²) in [7, 11) is 1.05. The normalized spacial score (nSPS) is 28.1. The van der Waals surface area contributed by atoms with Crippen LogP contribution in [-0.4, -0.2) is 61.6 Å². The van der Waals surface area contributed by atoms with Gasteiger partial charge in [0, 0.05) is 25.7 Å². The van der Waals surface area contributed by atoms with Crippen molar-refractivity contribution in [1.29, 1.82) is 0 Å². The van der Waals surface area contributed by atoms with E-state index < -0.39 is 54.5 Å². The smallest absolute Gasteiger partial charge is 0.339 e. The van der Waals surface area contributed by atoms with Gasteiger partial charge in [0.25, 0.3) is 0 Å². The van der Waals surface area contributed by atoms with E-state index in [1.807, 2.05) is 0 Å². The van der Waals surface area contributed by atoms with E-state index in [1.165, 1.54) is 0 Å². The van der Waals surface area contributed by atoms with Gasteiger partial charge in [-0.25, -0.2) is 4.79 Å². The van der Waals surface area contributed by atoms with Crippen LogP contribution in [0, 0.1) is 0 Å². The molecule has 0 aliphatic carbocycles. The van der Waals surface area contributed by atoms with Gasteiger partial charge in [-0.2, -0.15) is 0 Å². The molecular weight excluding hydrogens is 342 g/mol. The second kappa shape index (κ2) is 8.85. The lowest BCUT2D eigenvalue weighted by atomic mass is 9.97. The first-order valence-corrected chi connectivity index (χ1v) is 7.00. The standard InChI is InChI=1S/C13H17N3O9/c1-5(17)22-8-9(23-6(2)18)11(13(20)21-4)25-12(15-16-14)10(8)24-7(3)19/h8-12H,1-4H3/t8-,9-,10+,11+,12+/m0/s1. The van der Waals surface area contributed by atoms with Crippen molar-refractivity contribution in [3.63, 3.8) is 0 Å². The minimum atomic E-state index is -1.57. The lowest BCUT2D eigenvalue weighted by Crippen LogP contribution is -2.62. The Labute approximate surface area is 141 Å². The number of methoxy groups -OCH3 is 1. The summed E-state index contributed by atoms with van der Waals surface area (Å²) in [6, 6.07) is 0. The van der Waals surface area contributed by atoms with E-state index in [1.54, 1.807) is 0 Å². The van der Waals surface area contributed by atoms with E-state index in [0.29, 0.717) is 0 Å². The summed E-state index contributed by atoms with van der Waals surface area (Å²) < 4.78 is 24.9. The molecule has 25 heavy (non-hydrogen) atoms. The van der Waals surface area contributed by atoms with Crippen LogP contribution in [0.25, 0.3) is 10.4 Å². The number of hydrogen-bond donors (Lipinski definition) is 0. The Bertz CT molecular complexity index is 602. The van der Waals surface area contributed by atoms with Crippen molar-refractivity contribution >= 4 is 23.9 Å². The summed E-state index contributed by atoms with van der Waals surface area (Å²) in [6.45, 7) is 3.17. The third kappa shape index (κ3) is 5.33. The van der Waals surface area contributed by atoms with Crippen LogP contribution >= 0.6 is 0 Å². The van der Waals surface area contributed by atoms with Crippen LogP contribution in [0.15, 0.2) is 5.11 Å². The number of ether oxygens (including phenoxy) is 5. The summed E-state index contributed by atoms with van der Waals surface area (Å²) in [6.07, 6.45) is -7.47. The van der Waals surface area contributed by atoms with Gasteiger partial charge in [-0.05, 0) is 5.53 Å². The van der Waals surface area contributed by atoms with Crippen molar-refractivity contribution in [2.45, 2.75) is 51.4 Å². The minimum absolute atomic E-state index is 0.804. The van der Waals surface area contributed by atoms with Crippen LogP contribution in [0.3, 0.4) is 0 Å². The van der Waals surface area contributed by atoms with Crippen molar-refractivity contribution in [2.24, 2.45) is 5.11 Å². The van der Waals surface area contributed by atoms with Gasteiger partial charge in [0.1, 0.15) is 0 Å².